The lowest BCUT2D eigenvalue weighted by Crippen LogP contribution is -2.38. The molecule has 1 atom stereocenters. The predicted molar refractivity (Wildman–Crippen MR) is 135 cm³/mol. The lowest BCUT2D eigenvalue weighted by molar-refractivity contribution is -0.384. The van der Waals surface area contributed by atoms with Gasteiger partial charge in [-0.15, -0.1) is 0 Å². The number of Topliss-reactive ketones (excluding diaryl/α,β-unsaturated/α-hetero) is 1. The van der Waals surface area contributed by atoms with Crippen molar-refractivity contribution in [1.82, 2.24) is 9.80 Å². The molecular formula is C27H33N3O5. The first kappa shape index (κ1) is 26.1. The van der Waals surface area contributed by atoms with Crippen LogP contribution < -0.4 is 0 Å². The van der Waals surface area contributed by atoms with Crippen LogP contribution in [0.4, 0.5) is 5.69 Å². The second-order valence-electron chi connectivity index (χ2n) is 9.70. The molecule has 1 N–H and O–H groups in total. The number of nitro groups is 1. The molecular weight excluding hydrogens is 446 g/mol. The largest absolute Gasteiger partial charge is 0.507 e. The summed E-state index contributed by atoms with van der Waals surface area (Å²) in [7, 11) is 0. The van der Waals surface area contributed by atoms with Crippen LogP contribution in [-0.4, -0.2) is 57.7 Å². The van der Waals surface area contributed by atoms with Crippen LogP contribution in [0.2, 0.25) is 0 Å². The van der Waals surface area contributed by atoms with E-state index in [0.717, 1.165) is 24.2 Å². The SMILES string of the molecule is CCN(CC)CCN1C(=O)C(=O)/C(=C(\O)c2ccc([N+](=O)[O-])cc2)C1c1ccc(C(C)(C)C)cc1. The lowest BCUT2D eigenvalue weighted by Gasteiger charge is -2.28. The van der Waals surface area contributed by atoms with Crippen LogP contribution in [0, 0.1) is 10.1 Å². The maximum Gasteiger partial charge on any atom is 0.295 e. The van der Waals surface area contributed by atoms with Crippen molar-refractivity contribution in [2.75, 3.05) is 26.2 Å². The van der Waals surface area contributed by atoms with E-state index in [1.165, 1.54) is 29.2 Å². The molecule has 35 heavy (non-hydrogen) atoms. The summed E-state index contributed by atoms with van der Waals surface area (Å²) in [5.41, 5.74) is 1.87. The molecule has 0 aromatic heterocycles. The highest BCUT2D eigenvalue weighted by molar-refractivity contribution is 6.46. The van der Waals surface area contributed by atoms with Crippen molar-refractivity contribution in [3.63, 3.8) is 0 Å². The summed E-state index contributed by atoms with van der Waals surface area (Å²) < 4.78 is 0. The highest BCUT2D eigenvalue weighted by Crippen LogP contribution is 2.40. The molecule has 1 heterocycles. The number of hydrogen-bond acceptors (Lipinski definition) is 6. The summed E-state index contributed by atoms with van der Waals surface area (Å²) in [6, 6.07) is 12.3. The first-order valence-corrected chi connectivity index (χ1v) is 11.9. The fourth-order valence-corrected chi connectivity index (χ4v) is 4.31. The molecule has 0 radical (unpaired) electrons. The number of amides is 1. The van der Waals surface area contributed by atoms with E-state index >= 15 is 0 Å². The van der Waals surface area contributed by atoms with Gasteiger partial charge in [-0.2, -0.15) is 0 Å². The molecule has 1 saturated heterocycles. The molecule has 0 aliphatic carbocycles. The molecule has 2 aromatic carbocycles. The van der Waals surface area contributed by atoms with Crippen molar-refractivity contribution in [1.29, 1.82) is 0 Å². The lowest BCUT2D eigenvalue weighted by atomic mass is 9.85. The second kappa shape index (κ2) is 10.4. The van der Waals surface area contributed by atoms with Crippen LogP contribution in [0.1, 0.15) is 57.4 Å². The summed E-state index contributed by atoms with van der Waals surface area (Å²) >= 11 is 0. The number of benzene rings is 2. The molecule has 0 spiro atoms. The third kappa shape index (κ3) is 5.43. The van der Waals surface area contributed by atoms with E-state index in [0.29, 0.717) is 13.1 Å². The van der Waals surface area contributed by atoms with Crippen molar-refractivity contribution in [3.05, 3.63) is 80.9 Å². The number of nitrogens with zero attached hydrogens (tertiary/aromatic N) is 3. The van der Waals surface area contributed by atoms with E-state index in [1.807, 2.05) is 38.1 Å². The monoisotopic (exact) mass is 479 g/mol. The molecule has 1 amide bonds. The number of carbonyl (C=O) groups excluding carboxylic acids is 2. The molecule has 1 aliphatic rings. The zero-order valence-corrected chi connectivity index (χ0v) is 20.9. The highest BCUT2D eigenvalue weighted by Gasteiger charge is 2.46. The number of hydrogen-bond donors (Lipinski definition) is 1. The third-order valence-electron chi connectivity index (χ3n) is 6.54. The fourth-order valence-electron chi connectivity index (χ4n) is 4.31. The van der Waals surface area contributed by atoms with Crippen molar-refractivity contribution in [3.8, 4) is 0 Å². The molecule has 2 aromatic rings. The Bertz CT molecular complexity index is 1130. The van der Waals surface area contributed by atoms with Crippen LogP contribution in [0.5, 0.6) is 0 Å². The maximum atomic E-state index is 13.2. The van der Waals surface area contributed by atoms with Crippen LogP contribution >= 0.6 is 0 Å². The molecule has 0 bridgehead atoms. The van der Waals surface area contributed by atoms with Gasteiger partial charge in [0, 0.05) is 30.8 Å². The summed E-state index contributed by atoms with van der Waals surface area (Å²) in [4.78, 5) is 40.4. The van der Waals surface area contributed by atoms with Gasteiger partial charge in [-0.3, -0.25) is 19.7 Å². The molecule has 8 heteroatoms. The smallest absolute Gasteiger partial charge is 0.295 e. The van der Waals surface area contributed by atoms with E-state index in [1.54, 1.807) is 0 Å². The fraction of sp³-hybridized carbons (Fsp3) is 0.407. The van der Waals surface area contributed by atoms with E-state index in [4.69, 9.17) is 0 Å². The van der Waals surface area contributed by atoms with Gasteiger partial charge >= 0.3 is 0 Å². The molecule has 186 valence electrons. The minimum Gasteiger partial charge on any atom is -0.507 e. The van der Waals surface area contributed by atoms with Crippen molar-refractivity contribution in [2.45, 2.75) is 46.1 Å². The van der Waals surface area contributed by atoms with Gasteiger partial charge in [-0.25, -0.2) is 0 Å². The van der Waals surface area contributed by atoms with Gasteiger partial charge in [0.05, 0.1) is 16.5 Å². The zero-order chi connectivity index (χ0) is 25.9. The summed E-state index contributed by atoms with van der Waals surface area (Å²) in [5, 5.41) is 22.2. The Morgan fingerprint density at radius 3 is 2.09 bits per heavy atom. The number of rotatable bonds is 8. The molecule has 0 saturated carbocycles. The second-order valence-corrected chi connectivity index (χ2v) is 9.70. The maximum absolute atomic E-state index is 13.2. The Labute approximate surface area is 206 Å². The van der Waals surface area contributed by atoms with Crippen molar-refractivity contribution < 1.29 is 19.6 Å². The number of carbonyl (C=O) groups is 2. The number of likely N-dealkylation sites (N-methyl/N-ethyl adjacent to an activating group) is 1. The third-order valence-corrected chi connectivity index (χ3v) is 6.54. The molecule has 8 nitrogen and oxygen atoms in total. The Morgan fingerprint density at radius 2 is 1.60 bits per heavy atom. The minimum atomic E-state index is -0.759. The van der Waals surface area contributed by atoms with E-state index < -0.39 is 22.7 Å². The van der Waals surface area contributed by atoms with Gasteiger partial charge < -0.3 is 14.9 Å². The minimum absolute atomic E-state index is 0.00749. The summed E-state index contributed by atoms with van der Waals surface area (Å²) in [5.74, 6) is -1.76. The Balaban J connectivity index is 2.10. The van der Waals surface area contributed by atoms with E-state index in [9.17, 15) is 24.8 Å². The predicted octanol–water partition coefficient (Wildman–Crippen LogP) is 4.66. The number of non-ortho nitro benzene ring substituents is 1. The van der Waals surface area contributed by atoms with Gasteiger partial charge in [0.1, 0.15) is 5.76 Å². The molecule has 1 unspecified atom stereocenters. The van der Waals surface area contributed by atoms with Crippen molar-refractivity contribution >= 4 is 23.1 Å². The van der Waals surface area contributed by atoms with Gasteiger partial charge in [0.2, 0.25) is 0 Å². The topological polar surface area (TPSA) is 104 Å². The van der Waals surface area contributed by atoms with Gasteiger partial charge in [-0.05, 0) is 41.8 Å². The first-order valence-electron chi connectivity index (χ1n) is 11.9. The number of nitro benzene ring substituents is 1. The zero-order valence-electron chi connectivity index (χ0n) is 20.9. The summed E-state index contributed by atoms with van der Waals surface area (Å²) in [6.07, 6.45) is 0. The number of aliphatic hydroxyl groups excluding tert-OH is 1. The highest BCUT2D eigenvalue weighted by atomic mass is 16.6. The Morgan fingerprint density at radius 1 is 1.03 bits per heavy atom. The van der Waals surface area contributed by atoms with E-state index in [-0.39, 0.29) is 28.0 Å². The van der Waals surface area contributed by atoms with E-state index in [2.05, 4.69) is 25.7 Å². The van der Waals surface area contributed by atoms with Crippen LogP contribution in [-0.2, 0) is 15.0 Å². The molecule has 3 rings (SSSR count). The van der Waals surface area contributed by atoms with Gasteiger partial charge in [0.25, 0.3) is 17.4 Å². The van der Waals surface area contributed by atoms with Crippen molar-refractivity contribution in [2.24, 2.45) is 0 Å². The standard InChI is InChI=1S/C27H33N3O5/c1-6-28(7-2)16-17-29-23(18-8-12-20(13-9-18)27(3,4)5)22(25(32)26(29)33)24(31)19-10-14-21(15-11-19)30(34)35/h8-15,23,31H,6-7,16-17H2,1-5H3/b24-22-. The molecule has 1 fully saturated rings. The van der Waals surface area contributed by atoms with Gasteiger partial charge in [0.15, 0.2) is 0 Å². The number of ketones is 1. The Kier molecular flexibility index (Phi) is 7.75. The Hall–Kier alpha value is -3.52. The first-order chi connectivity index (χ1) is 16.5. The average molecular weight is 480 g/mol. The molecule has 1 aliphatic heterocycles. The van der Waals surface area contributed by atoms with Crippen LogP contribution in [0.25, 0.3) is 5.76 Å². The van der Waals surface area contributed by atoms with Crippen LogP contribution in [0.3, 0.4) is 0 Å². The number of aliphatic hydroxyl groups is 1. The van der Waals surface area contributed by atoms with Gasteiger partial charge in [-0.1, -0.05) is 58.9 Å². The number of likely N-dealkylation sites (tertiary alicyclic amines) is 1. The quantitative estimate of drug-likeness (QED) is 0.194. The summed E-state index contributed by atoms with van der Waals surface area (Å²) in [6.45, 7) is 12.9. The van der Waals surface area contributed by atoms with Crippen LogP contribution in [0.15, 0.2) is 54.1 Å². The average Bonchev–Trinajstić information content (AvgIpc) is 3.08. The normalized spacial score (nSPS) is 17.9.